The third-order valence-corrected chi connectivity index (χ3v) is 6.46. The molecule has 5 rings (SSSR count). The van der Waals surface area contributed by atoms with E-state index in [-0.39, 0.29) is 17.3 Å². The van der Waals surface area contributed by atoms with Gasteiger partial charge in [0.05, 0.1) is 22.8 Å². The molecule has 28 heavy (non-hydrogen) atoms. The van der Waals surface area contributed by atoms with E-state index in [0.29, 0.717) is 5.92 Å². The summed E-state index contributed by atoms with van der Waals surface area (Å²) in [6.45, 7) is 1.53. The van der Waals surface area contributed by atoms with Crippen molar-refractivity contribution in [1.29, 1.82) is 0 Å². The molecular formula is C20H22Cl2N6. The highest BCUT2D eigenvalue weighted by Crippen LogP contribution is 2.47. The second-order valence-electron chi connectivity index (χ2n) is 7.45. The van der Waals surface area contributed by atoms with Crippen LogP contribution in [0.3, 0.4) is 0 Å². The smallest absolute Gasteiger partial charge is 0.151 e. The first kappa shape index (κ1) is 19.3. The van der Waals surface area contributed by atoms with E-state index in [1.165, 1.54) is 11.1 Å². The minimum Gasteiger partial charge on any atom is -0.306 e. The van der Waals surface area contributed by atoms with Gasteiger partial charge in [-0.25, -0.2) is 0 Å². The molecule has 146 valence electrons. The van der Waals surface area contributed by atoms with Crippen LogP contribution in [0.2, 0.25) is 0 Å². The number of hydrogen-bond acceptors (Lipinski definition) is 5. The molecule has 1 aromatic carbocycles. The Kier molecular flexibility index (Phi) is 5.36. The van der Waals surface area contributed by atoms with Crippen LogP contribution >= 0.6 is 24.0 Å². The first-order valence-electron chi connectivity index (χ1n) is 9.43. The molecule has 3 aromatic rings. The summed E-state index contributed by atoms with van der Waals surface area (Å²) >= 11 is 7.13. The molecular weight excluding hydrogens is 395 g/mol. The molecule has 2 aromatic heterocycles. The van der Waals surface area contributed by atoms with Crippen molar-refractivity contribution in [2.24, 2.45) is 0 Å². The Morgan fingerprint density at radius 3 is 2.71 bits per heavy atom. The maximum absolute atomic E-state index is 7.13. The molecule has 1 aliphatic carbocycles. The summed E-state index contributed by atoms with van der Waals surface area (Å²) < 4.78 is 2.06. The minimum absolute atomic E-state index is 0. The second-order valence-corrected chi connectivity index (χ2v) is 8.18. The van der Waals surface area contributed by atoms with E-state index in [2.05, 4.69) is 54.5 Å². The molecule has 0 saturated heterocycles. The highest BCUT2D eigenvalue weighted by molar-refractivity contribution is 6.24. The number of alkyl halides is 1. The lowest BCUT2D eigenvalue weighted by Crippen LogP contribution is -2.26. The molecule has 0 atom stereocenters. The number of benzene rings is 1. The van der Waals surface area contributed by atoms with Crippen LogP contribution < -0.4 is 5.32 Å². The van der Waals surface area contributed by atoms with Crippen LogP contribution in [-0.2, 0) is 18.0 Å². The fourth-order valence-electron chi connectivity index (χ4n) is 4.32. The second kappa shape index (κ2) is 7.78. The van der Waals surface area contributed by atoms with Gasteiger partial charge in [0.1, 0.15) is 6.33 Å². The van der Waals surface area contributed by atoms with Crippen molar-refractivity contribution in [1.82, 2.24) is 30.3 Å². The lowest BCUT2D eigenvalue weighted by atomic mass is 9.76. The molecule has 8 heteroatoms. The summed E-state index contributed by atoms with van der Waals surface area (Å²) in [4.78, 5) is -0.309. The van der Waals surface area contributed by atoms with E-state index in [1.54, 1.807) is 12.5 Å². The van der Waals surface area contributed by atoms with Crippen molar-refractivity contribution < 1.29 is 0 Å². The predicted octanol–water partition coefficient (Wildman–Crippen LogP) is 3.87. The quantitative estimate of drug-likeness (QED) is 0.641. The number of nitrogens with zero attached hydrogens (tertiary/aromatic N) is 5. The number of rotatable bonds is 2. The molecule has 0 spiro atoms. The summed E-state index contributed by atoms with van der Waals surface area (Å²) in [5.41, 5.74) is 4.67. The maximum atomic E-state index is 7.13. The molecule has 1 N–H and O–H groups in total. The Morgan fingerprint density at radius 2 is 1.93 bits per heavy atom. The molecule has 0 radical (unpaired) electrons. The number of nitrogens with one attached hydrogen (secondary N) is 1. The number of fused-ring (bicyclic) bond motifs is 3. The molecule has 1 aliphatic heterocycles. The molecule has 2 aliphatic rings. The van der Waals surface area contributed by atoms with Gasteiger partial charge in [0.25, 0.3) is 0 Å². The van der Waals surface area contributed by atoms with E-state index in [9.17, 15) is 0 Å². The lowest BCUT2D eigenvalue weighted by Gasteiger charge is -2.36. The number of hydrogen-bond donors (Lipinski definition) is 1. The molecule has 3 heterocycles. The van der Waals surface area contributed by atoms with Crippen molar-refractivity contribution in [3.63, 3.8) is 0 Å². The van der Waals surface area contributed by atoms with Gasteiger partial charge in [-0.15, -0.1) is 34.2 Å². The van der Waals surface area contributed by atoms with Crippen LogP contribution in [-0.4, -0.2) is 25.0 Å². The van der Waals surface area contributed by atoms with Gasteiger partial charge in [0.15, 0.2) is 5.82 Å². The monoisotopic (exact) mass is 416 g/mol. The van der Waals surface area contributed by atoms with Crippen LogP contribution in [0.1, 0.15) is 54.2 Å². The topological polar surface area (TPSA) is 68.5 Å². The largest absolute Gasteiger partial charge is 0.306 e. The third kappa shape index (κ3) is 3.41. The van der Waals surface area contributed by atoms with E-state index in [0.717, 1.165) is 56.0 Å². The van der Waals surface area contributed by atoms with Gasteiger partial charge >= 0.3 is 0 Å². The standard InChI is InChI=1S/C20H21ClN6.ClH/c21-20(7-5-14(6-8-20)17-2-1-9-23-25-17)16-3-4-18-15(10-16)11-22-12-19-26-24-13-27(18)19;/h1-4,9-10,13-14,22H,5-8,11-12H2;1H. The first-order valence-corrected chi connectivity index (χ1v) is 9.81. The van der Waals surface area contributed by atoms with Gasteiger partial charge in [-0.1, -0.05) is 12.1 Å². The molecule has 1 saturated carbocycles. The maximum Gasteiger partial charge on any atom is 0.151 e. The number of aromatic nitrogens is 5. The average molecular weight is 417 g/mol. The van der Waals surface area contributed by atoms with Crippen molar-refractivity contribution in [3.8, 4) is 5.69 Å². The third-order valence-electron chi connectivity index (χ3n) is 5.86. The summed E-state index contributed by atoms with van der Waals surface area (Å²) in [5.74, 6) is 1.39. The van der Waals surface area contributed by atoms with E-state index in [4.69, 9.17) is 11.6 Å². The van der Waals surface area contributed by atoms with Crippen molar-refractivity contribution in [3.05, 3.63) is 65.5 Å². The highest BCUT2D eigenvalue weighted by atomic mass is 35.5. The van der Waals surface area contributed by atoms with Gasteiger partial charge in [-0.2, -0.15) is 10.2 Å². The Balaban J connectivity index is 0.00000192. The zero-order valence-electron chi connectivity index (χ0n) is 15.4. The number of halogens is 2. The summed E-state index contributed by atoms with van der Waals surface area (Å²) in [5, 5.41) is 20.0. The van der Waals surface area contributed by atoms with E-state index < -0.39 is 0 Å². The predicted molar refractivity (Wildman–Crippen MR) is 110 cm³/mol. The first-order chi connectivity index (χ1) is 13.2. The van der Waals surface area contributed by atoms with Gasteiger partial charge < -0.3 is 5.32 Å². The zero-order valence-corrected chi connectivity index (χ0v) is 17.0. The fraction of sp³-hybridized carbons (Fsp3) is 0.400. The van der Waals surface area contributed by atoms with Gasteiger partial charge in [0.2, 0.25) is 0 Å². The Labute approximate surface area is 175 Å². The Hall–Kier alpha value is -2.02. The average Bonchev–Trinajstić information content (AvgIpc) is 3.10. The Bertz CT molecular complexity index is 950. The van der Waals surface area contributed by atoms with E-state index >= 15 is 0 Å². The van der Waals surface area contributed by atoms with E-state index in [1.807, 2.05) is 6.07 Å². The van der Waals surface area contributed by atoms with Crippen LogP contribution in [0.25, 0.3) is 5.69 Å². The Morgan fingerprint density at radius 1 is 1.07 bits per heavy atom. The van der Waals surface area contributed by atoms with Gasteiger partial charge in [-0.3, -0.25) is 4.57 Å². The van der Waals surface area contributed by atoms with Crippen molar-refractivity contribution >= 4 is 24.0 Å². The molecule has 6 nitrogen and oxygen atoms in total. The normalized spacial score (nSPS) is 23.8. The molecule has 0 bridgehead atoms. The molecule has 0 unspecified atom stereocenters. The van der Waals surface area contributed by atoms with Crippen molar-refractivity contribution in [2.45, 2.75) is 49.6 Å². The van der Waals surface area contributed by atoms with Gasteiger partial charge in [-0.05, 0) is 55.0 Å². The van der Waals surface area contributed by atoms with Crippen LogP contribution in [0, 0.1) is 0 Å². The van der Waals surface area contributed by atoms with Crippen molar-refractivity contribution in [2.75, 3.05) is 0 Å². The minimum atomic E-state index is -0.309. The SMILES string of the molecule is Cl.ClC1(c2ccc3c(c2)CNCc2nncn2-3)CCC(c2cccnn2)CC1. The highest BCUT2D eigenvalue weighted by Gasteiger charge is 2.36. The molecule has 0 amide bonds. The van der Waals surface area contributed by atoms with Crippen LogP contribution in [0.15, 0.2) is 42.9 Å². The zero-order chi connectivity index (χ0) is 18.3. The van der Waals surface area contributed by atoms with Crippen LogP contribution in [0.5, 0.6) is 0 Å². The summed E-state index contributed by atoms with van der Waals surface area (Å²) in [7, 11) is 0. The van der Waals surface area contributed by atoms with Gasteiger partial charge in [0, 0.05) is 18.7 Å². The fourth-order valence-corrected chi connectivity index (χ4v) is 4.66. The summed E-state index contributed by atoms with van der Waals surface area (Å²) in [6, 6.07) is 10.6. The summed E-state index contributed by atoms with van der Waals surface area (Å²) in [6.07, 6.45) is 7.46. The van der Waals surface area contributed by atoms with Crippen LogP contribution in [0.4, 0.5) is 0 Å². The molecule has 1 fully saturated rings. The lowest BCUT2D eigenvalue weighted by molar-refractivity contribution is 0.353.